The fourth-order valence-corrected chi connectivity index (χ4v) is 3.24. The summed E-state index contributed by atoms with van der Waals surface area (Å²) < 4.78 is 0. The van der Waals surface area contributed by atoms with Crippen LogP contribution in [0.3, 0.4) is 0 Å². The van der Waals surface area contributed by atoms with Gasteiger partial charge in [-0.15, -0.1) is 11.3 Å². The molecule has 0 aliphatic rings. The maximum absolute atomic E-state index is 10.4. The van der Waals surface area contributed by atoms with Gasteiger partial charge in [-0.1, -0.05) is 23.2 Å². The summed E-state index contributed by atoms with van der Waals surface area (Å²) in [7, 11) is 0. The van der Waals surface area contributed by atoms with E-state index in [9.17, 15) is 5.11 Å². The van der Waals surface area contributed by atoms with Gasteiger partial charge in [0.05, 0.1) is 0 Å². The minimum atomic E-state index is -0.708. The minimum Gasteiger partial charge on any atom is -0.383 e. The lowest BCUT2D eigenvalue weighted by atomic mass is 10.1. The van der Waals surface area contributed by atoms with Crippen molar-refractivity contribution < 1.29 is 5.11 Å². The van der Waals surface area contributed by atoms with E-state index in [4.69, 9.17) is 23.2 Å². The summed E-state index contributed by atoms with van der Waals surface area (Å²) >= 11 is 13.6. The Kier molecular flexibility index (Phi) is 3.79. The third-order valence-corrected chi connectivity index (χ3v) is 4.36. The zero-order valence-corrected chi connectivity index (χ0v) is 11.8. The number of aliphatic hydroxyl groups excluding tert-OH is 1. The zero-order chi connectivity index (χ0) is 12.6. The van der Waals surface area contributed by atoms with Crippen LogP contribution in [0.5, 0.6) is 0 Å². The number of benzene rings is 1. The highest BCUT2D eigenvalue weighted by Crippen LogP contribution is 2.35. The Morgan fingerprint density at radius 2 is 1.88 bits per heavy atom. The number of halogens is 2. The van der Waals surface area contributed by atoms with Crippen molar-refractivity contribution in [2.24, 2.45) is 0 Å². The highest BCUT2D eigenvalue weighted by Gasteiger charge is 2.18. The molecule has 2 rings (SSSR count). The van der Waals surface area contributed by atoms with Crippen LogP contribution in [-0.4, -0.2) is 5.11 Å². The molecule has 1 unspecified atom stereocenters. The Balaban J connectivity index is 2.46. The second-order valence-electron chi connectivity index (χ2n) is 3.97. The van der Waals surface area contributed by atoms with Crippen LogP contribution in [0.15, 0.2) is 24.3 Å². The molecule has 0 spiro atoms. The quantitative estimate of drug-likeness (QED) is 0.844. The van der Waals surface area contributed by atoms with E-state index >= 15 is 0 Å². The molecular weight excluding hydrogens is 275 g/mol. The van der Waals surface area contributed by atoms with E-state index in [1.54, 1.807) is 29.5 Å². The van der Waals surface area contributed by atoms with Gasteiger partial charge in [-0.3, -0.25) is 0 Å². The third kappa shape index (κ3) is 2.66. The van der Waals surface area contributed by atoms with Crippen molar-refractivity contribution in [3.05, 3.63) is 55.2 Å². The molecule has 17 heavy (non-hydrogen) atoms. The van der Waals surface area contributed by atoms with Gasteiger partial charge in [0.2, 0.25) is 0 Å². The highest BCUT2D eigenvalue weighted by atomic mass is 35.5. The summed E-state index contributed by atoms with van der Waals surface area (Å²) in [6.45, 7) is 4.01. The summed E-state index contributed by atoms with van der Waals surface area (Å²) in [5.41, 5.74) is 1.74. The van der Waals surface area contributed by atoms with Crippen molar-refractivity contribution in [2.45, 2.75) is 20.0 Å². The van der Waals surface area contributed by atoms with E-state index in [-0.39, 0.29) is 0 Å². The number of hydrogen-bond donors (Lipinski definition) is 1. The van der Waals surface area contributed by atoms with Gasteiger partial charge in [-0.25, -0.2) is 0 Å². The Bertz CT molecular complexity index is 548. The summed E-state index contributed by atoms with van der Waals surface area (Å²) in [5, 5.41) is 11.5. The number of rotatable bonds is 2. The maximum atomic E-state index is 10.4. The van der Waals surface area contributed by atoms with Gasteiger partial charge in [0.25, 0.3) is 0 Å². The molecular formula is C13H12Cl2OS. The van der Waals surface area contributed by atoms with E-state index in [0.717, 1.165) is 10.4 Å². The van der Waals surface area contributed by atoms with Crippen LogP contribution in [0.2, 0.25) is 10.0 Å². The number of aliphatic hydroxyl groups is 1. The predicted molar refractivity (Wildman–Crippen MR) is 74.3 cm³/mol. The van der Waals surface area contributed by atoms with Crippen LogP contribution < -0.4 is 0 Å². The predicted octanol–water partition coefficient (Wildman–Crippen LogP) is 4.75. The van der Waals surface area contributed by atoms with Crippen molar-refractivity contribution in [2.75, 3.05) is 0 Å². The van der Waals surface area contributed by atoms with E-state index in [1.165, 1.54) is 4.88 Å². The Morgan fingerprint density at radius 1 is 1.18 bits per heavy atom. The average Bonchev–Trinajstić information content (AvgIpc) is 2.60. The van der Waals surface area contributed by atoms with Gasteiger partial charge < -0.3 is 5.11 Å². The second-order valence-corrected chi connectivity index (χ2v) is 6.10. The molecule has 1 N–H and O–H groups in total. The van der Waals surface area contributed by atoms with Crippen molar-refractivity contribution >= 4 is 34.5 Å². The topological polar surface area (TPSA) is 20.2 Å². The molecule has 0 saturated carbocycles. The standard InChI is InChI=1S/C13H12Cl2OS/c1-7-5-8(2)17-13(7)12(16)10-6-9(14)3-4-11(10)15/h3-6,12,16H,1-2H3. The van der Waals surface area contributed by atoms with Gasteiger partial charge in [0.15, 0.2) is 0 Å². The van der Waals surface area contributed by atoms with Crippen molar-refractivity contribution in [1.29, 1.82) is 0 Å². The summed E-state index contributed by atoms with van der Waals surface area (Å²) in [5.74, 6) is 0. The molecule has 0 amide bonds. The SMILES string of the molecule is Cc1cc(C)c(C(O)c2cc(Cl)ccc2Cl)s1. The number of hydrogen-bond acceptors (Lipinski definition) is 2. The van der Waals surface area contributed by atoms with E-state index in [0.29, 0.717) is 15.6 Å². The van der Waals surface area contributed by atoms with Gasteiger partial charge in [0.1, 0.15) is 6.10 Å². The molecule has 0 saturated heterocycles. The van der Waals surface area contributed by atoms with Crippen LogP contribution in [0.4, 0.5) is 0 Å². The van der Waals surface area contributed by atoms with Gasteiger partial charge in [-0.05, 0) is 43.7 Å². The lowest BCUT2D eigenvalue weighted by molar-refractivity contribution is 0.223. The Morgan fingerprint density at radius 3 is 2.47 bits per heavy atom. The van der Waals surface area contributed by atoms with E-state index in [1.807, 2.05) is 13.8 Å². The lowest BCUT2D eigenvalue weighted by Crippen LogP contribution is -1.99. The zero-order valence-electron chi connectivity index (χ0n) is 9.50. The molecule has 4 heteroatoms. The van der Waals surface area contributed by atoms with Crippen LogP contribution in [0.25, 0.3) is 0 Å². The molecule has 0 aliphatic carbocycles. The first kappa shape index (κ1) is 12.9. The highest BCUT2D eigenvalue weighted by molar-refractivity contribution is 7.12. The molecule has 1 atom stereocenters. The Hall–Kier alpha value is -0.540. The first-order valence-corrected chi connectivity index (χ1v) is 6.76. The van der Waals surface area contributed by atoms with Crippen LogP contribution >= 0.6 is 34.5 Å². The van der Waals surface area contributed by atoms with E-state index < -0.39 is 6.10 Å². The van der Waals surface area contributed by atoms with Gasteiger partial charge >= 0.3 is 0 Å². The summed E-state index contributed by atoms with van der Waals surface area (Å²) in [6.07, 6.45) is -0.708. The van der Waals surface area contributed by atoms with Crippen LogP contribution in [-0.2, 0) is 0 Å². The van der Waals surface area contributed by atoms with E-state index in [2.05, 4.69) is 6.07 Å². The van der Waals surface area contributed by atoms with Crippen LogP contribution in [0.1, 0.15) is 27.0 Å². The molecule has 1 heterocycles. The van der Waals surface area contributed by atoms with Gasteiger partial charge in [-0.2, -0.15) is 0 Å². The largest absolute Gasteiger partial charge is 0.383 e. The summed E-state index contributed by atoms with van der Waals surface area (Å²) in [6, 6.07) is 7.19. The molecule has 90 valence electrons. The molecule has 1 aromatic carbocycles. The number of aryl methyl sites for hydroxylation is 2. The van der Waals surface area contributed by atoms with Crippen molar-refractivity contribution in [3.8, 4) is 0 Å². The molecule has 0 aliphatic heterocycles. The number of thiophene rings is 1. The first-order chi connectivity index (χ1) is 7.99. The first-order valence-electron chi connectivity index (χ1n) is 5.19. The molecule has 0 bridgehead atoms. The van der Waals surface area contributed by atoms with Crippen molar-refractivity contribution in [1.82, 2.24) is 0 Å². The monoisotopic (exact) mass is 286 g/mol. The molecule has 0 radical (unpaired) electrons. The second kappa shape index (κ2) is 4.99. The maximum Gasteiger partial charge on any atom is 0.115 e. The van der Waals surface area contributed by atoms with Crippen LogP contribution in [0, 0.1) is 13.8 Å². The fraction of sp³-hybridized carbons (Fsp3) is 0.231. The minimum absolute atomic E-state index is 0.535. The van der Waals surface area contributed by atoms with Crippen molar-refractivity contribution in [3.63, 3.8) is 0 Å². The fourth-order valence-electron chi connectivity index (χ4n) is 1.80. The van der Waals surface area contributed by atoms with Gasteiger partial charge in [0, 0.05) is 25.4 Å². The molecule has 2 aromatic rings. The molecule has 1 nitrogen and oxygen atoms in total. The Labute approximate surface area is 115 Å². The molecule has 0 fully saturated rings. The third-order valence-electron chi connectivity index (χ3n) is 2.58. The smallest absolute Gasteiger partial charge is 0.115 e. The molecule has 1 aromatic heterocycles. The average molecular weight is 287 g/mol. The summed E-state index contributed by atoms with van der Waals surface area (Å²) in [4.78, 5) is 2.10. The normalized spacial score (nSPS) is 12.8. The lowest BCUT2D eigenvalue weighted by Gasteiger charge is -2.12.